The summed E-state index contributed by atoms with van der Waals surface area (Å²) in [5.74, 6) is -1.81. The first-order chi connectivity index (χ1) is 27.3. The number of amides is 1. The standard InChI is InChI=1S/C41H45ClF4N6O5S/c1-6-51(58(5,54)55)32-16-15-28(42)18-27(32)23-47-38-36-33(52(35-14-10-11-17-56-35)50-37(36)39(53)49-40(2,3)4)21-31(48-38)29-20-30(43)34(19-26(29)22-41(44,45)46)57-24-25-12-8-7-9-13-25/h7-9,12-13,15-16,18-21,35H,6,10-11,14,17,22-24H2,1-5H3,(H,47,48)(H,49,53). The molecule has 0 spiro atoms. The Kier molecular flexibility index (Phi) is 12.6. The molecule has 1 aliphatic rings. The highest BCUT2D eigenvalue weighted by molar-refractivity contribution is 7.92. The molecule has 17 heteroatoms. The van der Waals surface area contributed by atoms with Gasteiger partial charge in [-0.15, -0.1) is 0 Å². The number of halogens is 5. The average molecular weight is 845 g/mol. The molecule has 1 aliphatic heterocycles. The summed E-state index contributed by atoms with van der Waals surface area (Å²) in [5.41, 5.74) is 0.501. The van der Waals surface area contributed by atoms with E-state index in [1.807, 2.05) is 0 Å². The molecule has 1 amide bonds. The third-order valence-corrected chi connectivity index (χ3v) is 10.8. The third kappa shape index (κ3) is 10.2. The number of carbonyl (C=O) groups is 1. The largest absolute Gasteiger partial charge is 0.486 e. The van der Waals surface area contributed by atoms with Crippen LogP contribution in [-0.2, 0) is 34.3 Å². The maximum absolute atomic E-state index is 16.0. The second-order valence-corrected chi connectivity index (χ2v) is 17.5. The number of sulfonamides is 1. The van der Waals surface area contributed by atoms with E-state index >= 15 is 4.39 Å². The van der Waals surface area contributed by atoms with E-state index in [0.717, 1.165) is 31.2 Å². The number of fused-ring (bicyclic) bond motifs is 1. The van der Waals surface area contributed by atoms with E-state index in [1.54, 1.807) is 76.2 Å². The van der Waals surface area contributed by atoms with Crippen LogP contribution in [0.1, 0.15) is 80.4 Å². The topological polar surface area (TPSA) is 128 Å². The zero-order valence-electron chi connectivity index (χ0n) is 32.7. The summed E-state index contributed by atoms with van der Waals surface area (Å²) < 4.78 is 98.8. The van der Waals surface area contributed by atoms with Crippen LogP contribution >= 0.6 is 11.6 Å². The predicted octanol–water partition coefficient (Wildman–Crippen LogP) is 9.20. The van der Waals surface area contributed by atoms with Crippen LogP contribution < -0.4 is 19.7 Å². The fraction of sp³-hybridized carbons (Fsp3) is 0.390. The van der Waals surface area contributed by atoms with E-state index in [1.165, 1.54) is 15.1 Å². The number of hydrogen-bond donors (Lipinski definition) is 2. The zero-order chi connectivity index (χ0) is 42.0. The molecule has 0 bridgehead atoms. The van der Waals surface area contributed by atoms with Crippen LogP contribution in [0, 0.1) is 5.82 Å². The molecule has 1 fully saturated rings. The monoisotopic (exact) mass is 844 g/mol. The fourth-order valence-corrected chi connectivity index (χ4v) is 8.06. The lowest BCUT2D eigenvalue weighted by Gasteiger charge is -2.24. The van der Waals surface area contributed by atoms with Crippen molar-refractivity contribution in [2.75, 3.05) is 29.0 Å². The van der Waals surface area contributed by atoms with Crippen LogP contribution in [0.5, 0.6) is 5.75 Å². The highest BCUT2D eigenvalue weighted by atomic mass is 35.5. The Morgan fingerprint density at radius 2 is 1.79 bits per heavy atom. The molecule has 0 saturated carbocycles. The van der Waals surface area contributed by atoms with Crippen molar-refractivity contribution < 1.29 is 40.2 Å². The van der Waals surface area contributed by atoms with Crippen molar-refractivity contribution in [2.45, 2.75) is 84.5 Å². The molecule has 1 unspecified atom stereocenters. The molecule has 3 heterocycles. The molecule has 6 rings (SSSR count). The van der Waals surface area contributed by atoms with E-state index in [4.69, 9.17) is 31.2 Å². The SMILES string of the molecule is CCN(c1ccc(Cl)cc1CNc1nc(-c2cc(F)c(OCc3ccccc3)cc2CC(F)(F)F)cc2c1c(C(=O)NC(C)(C)C)nn2C1CCCCO1)S(C)(=O)=O. The Morgan fingerprint density at radius 1 is 1.05 bits per heavy atom. The Hall–Kier alpha value is -4.93. The zero-order valence-corrected chi connectivity index (χ0v) is 34.3. The number of anilines is 2. The highest BCUT2D eigenvalue weighted by Gasteiger charge is 2.33. The second-order valence-electron chi connectivity index (χ2n) is 15.1. The smallest absolute Gasteiger partial charge is 0.393 e. The summed E-state index contributed by atoms with van der Waals surface area (Å²) in [7, 11) is -3.73. The van der Waals surface area contributed by atoms with Crippen LogP contribution in [-0.4, -0.2) is 60.2 Å². The number of nitrogens with one attached hydrogen (secondary N) is 2. The van der Waals surface area contributed by atoms with E-state index in [2.05, 4.69) is 10.6 Å². The molecule has 5 aromatic rings. The molecule has 0 radical (unpaired) electrons. The molecular formula is C41H45ClF4N6O5S. The van der Waals surface area contributed by atoms with E-state index in [0.29, 0.717) is 40.4 Å². The molecule has 2 N–H and O–H groups in total. The quantitative estimate of drug-likeness (QED) is 0.112. The maximum Gasteiger partial charge on any atom is 0.393 e. The highest BCUT2D eigenvalue weighted by Crippen LogP contribution is 2.39. The van der Waals surface area contributed by atoms with Crippen LogP contribution in [0.4, 0.5) is 29.1 Å². The fourth-order valence-electron chi connectivity index (χ4n) is 6.86. The molecule has 1 atom stereocenters. The predicted molar refractivity (Wildman–Crippen MR) is 216 cm³/mol. The van der Waals surface area contributed by atoms with Crippen LogP contribution in [0.15, 0.2) is 66.7 Å². The number of nitrogens with zero attached hydrogens (tertiary/aromatic N) is 4. The number of carbonyl (C=O) groups excluding carboxylic acids is 1. The van der Waals surface area contributed by atoms with E-state index < -0.39 is 46.1 Å². The minimum Gasteiger partial charge on any atom is -0.486 e. The van der Waals surface area contributed by atoms with Gasteiger partial charge >= 0.3 is 6.18 Å². The second kappa shape index (κ2) is 17.1. The van der Waals surface area contributed by atoms with Crippen molar-refractivity contribution in [1.29, 1.82) is 0 Å². The lowest BCUT2D eigenvalue weighted by molar-refractivity contribution is -0.127. The molecule has 0 aliphatic carbocycles. The van der Waals surface area contributed by atoms with Gasteiger partial charge in [0.15, 0.2) is 23.5 Å². The Balaban J connectivity index is 1.57. The van der Waals surface area contributed by atoms with Gasteiger partial charge in [0.05, 0.1) is 35.0 Å². The third-order valence-electron chi connectivity index (χ3n) is 9.33. The van der Waals surface area contributed by atoms with Gasteiger partial charge in [-0.1, -0.05) is 41.9 Å². The number of hydrogen-bond acceptors (Lipinski definition) is 8. The van der Waals surface area contributed by atoms with Crippen molar-refractivity contribution in [3.63, 3.8) is 0 Å². The first kappa shape index (κ1) is 42.7. The number of ether oxygens (including phenoxy) is 2. The van der Waals surface area contributed by atoms with E-state index in [9.17, 15) is 26.4 Å². The molecular weight excluding hydrogens is 800 g/mol. The summed E-state index contributed by atoms with van der Waals surface area (Å²) >= 11 is 6.40. The van der Waals surface area contributed by atoms with Crippen molar-refractivity contribution >= 4 is 49.9 Å². The molecule has 3 aromatic carbocycles. The lowest BCUT2D eigenvalue weighted by Crippen LogP contribution is -2.41. The van der Waals surface area contributed by atoms with Gasteiger partial charge in [0.1, 0.15) is 12.4 Å². The normalized spacial score (nSPS) is 15.0. The van der Waals surface area contributed by atoms with Gasteiger partial charge in [-0.3, -0.25) is 9.10 Å². The Morgan fingerprint density at radius 3 is 2.43 bits per heavy atom. The minimum absolute atomic E-state index is 0.0183. The summed E-state index contributed by atoms with van der Waals surface area (Å²) in [6.07, 6.45) is -3.56. The van der Waals surface area contributed by atoms with Crippen molar-refractivity contribution in [2.24, 2.45) is 0 Å². The van der Waals surface area contributed by atoms with E-state index in [-0.39, 0.29) is 59.2 Å². The van der Waals surface area contributed by atoms with Gasteiger partial charge in [0.2, 0.25) is 10.0 Å². The van der Waals surface area contributed by atoms with Crippen LogP contribution in [0.25, 0.3) is 22.2 Å². The summed E-state index contributed by atoms with van der Waals surface area (Å²) in [5, 5.41) is 11.4. The molecule has 310 valence electrons. The number of aromatic nitrogens is 3. The van der Waals surface area contributed by atoms with Gasteiger partial charge < -0.3 is 20.1 Å². The van der Waals surface area contributed by atoms with Gasteiger partial charge in [-0.05, 0) is 100 Å². The molecule has 2 aromatic heterocycles. The van der Waals surface area contributed by atoms with Crippen LogP contribution in [0.3, 0.4) is 0 Å². The van der Waals surface area contributed by atoms with Crippen molar-refractivity contribution in [1.82, 2.24) is 20.1 Å². The summed E-state index contributed by atoms with van der Waals surface area (Å²) in [6.45, 7) is 7.42. The van der Waals surface area contributed by atoms with Crippen LogP contribution in [0.2, 0.25) is 5.02 Å². The van der Waals surface area contributed by atoms with Crippen molar-refractivity contribution in [3.05, 3.63) is 100.0 Å². The van der Waals surface area contributed by atoms with Gasteiger partial charge in [-0.25, -0.2) is 22.5 Å². The minimum atomic E-state index is -4.70. The summed E-state index contributed by atoms with van der Waals surface area (Å²) in [6, 6.07) is 17.0. The van der Waals surface area contributed by atoms with Gasteiger partial charge in [0.25, 0.3) is 5.91 Å². The first-order valence-corrected chi connectivity index (χ1v) is 21.0. The molecule has 58 heavy (non-hydrogen) atoms. The Bertz CT molecular complexity index is 2400. The molecule has 1 saturated heterocycles. The Labute approximate surface area is 339 Å². The van der Waals surface area contributed by atoms with Gasteiger partial charge in [0, 0.05) is 35.8 Å². The number of benzene rings is 3. The van der Waals surface area contributed by atoms with Crippen molar-refractivity contribution in [3.8, 4) is 17.0 Å². The number of alkyl halides is 3. The number of rotatable bonds is 13. The number of pyridine rings is 1. The first-order valence-electron chi connectivity index (χ1n) is 18.7. The molecule has 11 nitrogen and oxygen atoms in total. The van der Waals surface area contributed by atoms with Gasteiger partial charge in [-0.2, -0.15) is 18.3 Å². The maximum atomic E-state index is 16.0. The summed E-state index contributed by atoms with van der Waals surface area (Å²) in [4.78, 5) is 18.8. The lowest BCUT2D eigenvalue weighted by atomic mass is 9.99. The average Bonchev–Trinajstić information content (AvgIpc) is 3.54.